The van der Waals surface area contributed by atoms with E-state index in [2.05, 4.69) is 26.2 Å². The van der Waals surface area contributed by atoms with Crippen molar-refractivity contribution < 1.29 is 13.9 Å². The Bertz CT molecular complexity index is 615. The van der Waals surface area contributed by atoms with Gasteiger partial charge in [0.05, 0.1) is 25.0 Å². The highest BCUT2D eigenvalue weighted by Crippen LogP contribution is 2.25. The smallest absolute Gasteiger partial charge is 0.193 e. The molecule has 4 rings (SSSR count). The van der Waals surface area contributed by atoms with Crippen molar-refractivity contribution in [3.63, 3.8) is 0 Å². The molecule has 3 aliphatic rings. The number of halogens is 1. The molecule has 3 fully saturated rings. The van der Waals surface area contributed by atoms with E-state index in [0.29, 0.717) is 0 Å². The number of aliphatic imine (C=N–C) groups is 1. The average Bonchev–Trinajstić information content (AvgIpc) is 3.46. The average molecular weight is 518 g/mol. The van der Waals surface area contributed by atoms with Crippen molar-refractivity contribution in [2.75, 3.05) is 53.0 Å². The first kappa shape index (κ1) is 22.8. The van der Waals surface area contributed by atoms with Gasteiger partial charge >= 0.3 is 0 Å². The largest absolute Gasteiger partial charge is 0.468 e. The lowest BCUT2D eigenvalue weighted by atomic mass is 10.1. The highest BCUT2D eigenvalue weighted by atomic mass is 127. The van der Waals surface area contributed by atoms with Crippen molar-refractivity contribution in [3.8, 4) is 0 Å². The van der Waals surface area contributed by atoms with E-state index >= 15 is 0 Å². The van der Waals surface area contributed by atoms with Crippen molar-refractivity contribution in [2.24, 2.45) is 4.99 Å². The molecule has 4 heterocycles. The van der Waals surface area contributed by atoms with Crippen LogP contribution in [-0.4, -0.2) is 81.0 Å². The minimum Gasteiger partial charge on any atom is -0.468 e. The number of nitrogens with zero attached hydrogens (tertiary/aromatic N) is 3. The predicted molar refractivity (Wildman–Crippen MR) is 124 cm³/mol. The molecular formula is C21H35IN4O3. The molecule has 0 saturated carbocycles. The number of morpholine rings is 1. The fourth-order valence-corrected chi connectivity index (χ4v) is 4.63. The van der Waals surface area contributed by atoms with E-state index in [4.69, 9.17) is 13.9 Å². The van der Waals surface area contributed by atoms with Crippen LogP contribution in [0.1, 0.15) is 43.9 Å². The Labute approximate surface area is 191 Å². The lowest BCUT2D eigenvalue weighted by Crippen LogP contribution is -2.54. The number of furan rings is 1. The summed E-state index contributed by atoms with van der Waals surface area (Å²) in [4.78, 5) is 9.41. The first-order valence-corrected chi connectivity index (χ1v) is 10.8. The Kier molecular flexibility index (Phi) is 9.08. The molecule has 8 heteroatoms. The Morgan fingerprint density at radius 3 is 2.66 bits per heavy atom. The van der Waals surface area contributed by atoms with Crippen LogP contribution in [0.3, 0.4) is 0 Å². The van der Waals surface area contributed by atoms with Gasteiger partial charge in [0, 0.05) is 33.3 Å². The fourth-order valence-electron chi connectivity index (χ4n) is 4.63. The Morgan fingerprint density at radius 2 is 1.97 bits per heavy atom. The summed E-state index contributed by atoms with van der Waals surface area (Å²) < 4.78 is 17.6. The number of nitrogens with one attached hydrogen (secondary N) is 1. The van der Waals surface area contributed by atoms with Crippen LogP contribution >= 0.6 is 24.0 Å². The molecule has 3 aliphatic heterocycles. The summed E-state index contributed by atoms with van der Waals surface area (Å²) in [5, 5.41) is 3.61. The van der Waals surface area contributed by atoms with E-state index in [1.54, 1.807) is 6.26 Å². The molecule has 3 unspecified atom stereocenters. The Hall–Kier alpha value is -0.840. The molecule has 0 amide bonds. The van der Waals surface area contributed by atoms with Crippen LogP contribution in [0, 0.1) is 0 Å². The van der Waals surface area contributed by atoms with Gasteiger partial charge in [0.25, 0.3) is 0 Å². The fraction of sp³-hybridized carbons (Fsp3) is 0.762. The molecular weight excluding hydrogens is 483 g/mol. The van der Waals surface area contributed by atoms with Gasteiger partial charge in [0.1, 0.15) is 11.9 Å². The second kappa shape index (κ2) is 11.5. The molecule has 7 nitrogen and oxygen atoms in total. The number of likely N-dealkylation sites (tertiary alicyclic amines) is 1. The monoisotopic (exact) mass is 518 g/mol. The SMILES string of the molecule is CN=C(NCC(c1ccco1)N1CCCCC1)N1CCOC(C2CCCO2)C1.I. The van der Waals surface area contributed by atoms with Gasteiger partial charge in [-0.2, -0.15) is 0 Å². The molecule has 164 valence electrons. The van der Waals surface area contributed by atoms with Crippen molar-refractivity contribution in [3.05, 3.63) is 24.2 Å². The highest BCUT2D eigenvalue weighted by molar-refractivity contribution is 14.0. The summed E-state index contributed by atoms with van der Waals surface area (Å²) in [5.74, 6) is 1.98. The zero-order valence-corrected chi connectivity index (χ0v) is 19.8. The summed E-state index contributed by atoms with van der Waals surface area (Å²) in [7, 11) is 1.86. The van der Waals surface area contributed by atoms with Crippen LogP contribution < -0.4 is 5.32 Å². The Balaban J connectivity index is 0.00000240. The maximum Gasteiger partial charge on any atom is 0.193 e. The third kappa shape index (κ3) is 5.86. The summed E-state index contributed by atoms with van der Waals surface area (Å²) in [6.45, 7) is 6.32. The molecule has 0 aromatic carbocycles. The van der Waals surface area contributed by atoms with Crippen LogP contribution in [0.25, 0.3) is 0 Å². The van der Waals surface area contributed by atoms with Gasteiger partial charge in [-0.25, -0.2) is 0 Å². The quantitative estimate of drug-likeness (QED) is 0.368. The summed E-state index contributed by atoms with van der Waals surface area (Å²) in [6, 6.07) is 4.31. The molecule has 0 spiro atoms. The van der Waals surface area contributed by atoms with Gasteiger partial charge in [-0.05, 0) is 50.9 Å². The zero-order chi connectivity index (χ0) is 19.2. The van der Waals surface area contributed by atoms with Crippen LogP contribution in [0.2, 0.25) is 0 Å². The van der Waals surface area contributed by atoms with E-state index in [0.717, 1.165) is 70.5 Å². The van der Waals surface area contributed by atoms with Crippen LogP contribution in [0.15, 0.2) is 27.8 Å². The number of guanidine groups is 1. The van der Waals surface area contributed by atoms with E-state index in [-0.39, 0.29) is 42.2 Å². The molecule has 0 radical (unpaired) electrons. The molecule has 0 aliphatic carbocycles. The minimum atomic E-state index is 0. The van der Waals surface area contributed by atoms with E-state index < -0.39 is 0 Å². The van der Waals surface area contributed by atoms with E-state index in [1.165, 1.54) is 19.3 Å². The van der Waals surface area contributed by atoms with Crippen LogP contribution in [0.4, 0.5) is 0 Å². The highest BCUT2D eigenvalue weighted by Gasteiger charge is 2.33. The molecule has 1 aromatic rings. The second-order valence-electron chi connectivity index (χ2n) is 7.96. The first-order valence-electron chi connectivity index (χ1n) is 10.8. The van der Waals surface area contributed by atoms with E-state index in [1.807, 2.05) is 13.1 Å². The molecule has 0 bridgehead atoms. The number of hydrogen-bond acceptors (Lipinski definition) is 5. The molecule has 1 N–H and O–H groups in total. The van der Waals surface area contributed by atoms with Gasteiger partial charge < -0.3 is 24.1 Å². The van der Waals surface area contributed by atoms with Gasteiger partial charge in [-0.15, -0.1) is 24.0 Å². The van der Waals surface area contributed by atoms with Gasteiger partial charge in [0.15, 0.2) is 5.96 Å². The lowest BCUT2D eigenvalue weighted by Gasteiger charge is -2.38. The second-order valence-corrected chi connectivity index (χ2v) is 7.96. The van der Waals surface area contributed by atoms with Crippen LogP contribution in [0.5, 0.6) is 0 Å². The third-order valence-electron chi connectivity index (χ3n) is 6.14. The maximum absolute atomic E-state index is 5.99. The standard InChI is InChI=1S/C21H34N4O3.HI/c1-22-21(25-11-14-28-20(16-25)19-8-6-13-27-19)23-15-17(18-7-5-12-26-18)24-9-3-2-4-10-24;/h5,7,12,17,19-20H,2-4,6,8-11,13-16H2,1H3,(H,22,23);1H. The van der Waals surface area contributed by atoms with Gasteiger partial charge in [-0.3, -0.25) is 9.89 Å². The van der Waals surface area contributed by atoms with Crippen molar-refractivity contribution in [1.29, 1.82) is 0 Å². The number of rotatable bonds is 5. The topological polar surface area (TPSA) is 62.5 Å². The molecule has 29 heavy (non-hydrogen) atoms. The minimum absolute atomic E-state index is 0. The van der Waals surface area contributed by atoms with Gasteiger partial charge in [0.2, 0.25) is 0 Å². The number of hydrogen-bond donors (Lipinski definition) is 1. The zero-order valence-electron chi connectivity index (χ0n) is 17.4. The van der Waals surface area contributed by atoms with Crippen molar-refractivity contribution >= 4 is 29.9 Å². The maximum atomic E-state index is 5.99. The van der Waals surface area contributed by atoms with Crippen LogP contribution in [-0.2, 0) is 9.47 Å². The first-order chi connectivity index (χ1) is 13.8. The number of ether oxygens (including phenoxy) is 2. The third-order valence-corrected chi connectivity index (χ3v) is 6.14. The number of piperidine rings is 1. The normalized spacial score (nSPS) is 27.5. The predicted octanol–water partition coefficient (Wildman–Crippen LogP) is 2.88. The molecule has 3 atom stereocenters. The van der Waals surface area contributed by atoms with Gasteiger partial charge in [-0.1, -0.05) is 6.42 Å². The molecule has 3 saturated heterocycles. The van der Waals surface area contributed by atoms with E-state index in [9.17, 15) is 0 Å². The molecule has 1 aromatic heterocycles. The summed E-state index contributed by atoms with van der Waals surface area (Å²) >= 11 is 0. The lowest BCUT2D eigenvalue weighted by molar-refractivity contribution is -0.0817. The Morgan fingerprint density at radius 1 is 1.14 bits per heavy atom. The summed E-state index contributed by atoms with van der Waals surface area (Å²) in [6.07, 6.45) is 8.22. The van der Waals surface area contributed by atoms with Crippen molar-refractivity contribution in [1.82, 2.24) is 15.1 Å². The summed E-state index contributed by atoms with van der Waals surface area (Å²) in [5.41, 5.74) is 0. The van der Waals surface area contributed by atoms with Crippen molar-refractivity contribution in [2.45, 2.75) is 50.4 Å².